The molecule has 2 aromatic heterocycles. The van der Waals surface area contributed by atoms with E-state index in [1.165, 1.54) is 16.3 Å². The molecule has 7 heteroatoms. The molecule has 0 spiro atoms. The van der Waals surface area contributed by atoms with Crippen molar-refractivity contribution in [2.24, 2.45) is 0 Å². The summed E-state index contributed by atoms with van der Waals surface area (Å²) < 4.78 is 9.06. The number of imidazole rings is 1. The van der Waals surface area contributed by atoms with E-state index >= 15 is 0 Å². The molecule has 0 aliphatic heterocycles. The molecule has 4 aromatic rings. The van der Waals surface area contributed by atoms with Crippen molar-refractivity contribution < 1.29 is 9.84 Å². The third-order valence-corrected chi connectivity index (χ3v) is 4.94. The van der Waals surface area contributed by atoms with E-state index < -0.39 is 6.10 Å². The van der Waals surface area contributed by atoms with E-state index in [-0.39, 0.29) is 24.8 Å². The van der Waals surface area contributed by atoms with Crippen LogP contribution in [0.4, 0.5) is 0 Å². The number of aryl methyl sites for hydroxylation is 1. The molecule has 31 heavy (non-hydrogen) atoms. The SMILES string of the molecule is Cc1ccc([C@@H](OC[C@H](O)Cn2nc(-n3ccnc3)ccc2=O)c2ccccc2)cc1. The molecule has 0 unspecified atom stereocenters. The van der Waals surface area contributed by atoms with Gasteiger partial charge in [-0.25, -0.2) is 9.67 Å². The van der Waals surface area contributed by atoms with E-state index in [2.05, 4.69) is 10.1 Å². The van der Waals surface area contributed by atoms with Crippen LogP contribution in [0.2, 0.25) is 0 Å². The summed E-state index contributed by atoms with van der Waals surface area (Å²) >= 11 is 0. The van der Waals surface area contributed by atoms with Crippen molar-refractivity contribution in [1.82, 2.24) is 19.3 Å². The Kier molecular flexibility index (Phi) is 6.35. The number of hydrogen-bond acceptors (Lipinski definition) is 5. The first kappa shape index (κ1) is 20.7. The maximum atomic E-state index is 12.2. The summed E-state index contributed by atoms with van der Waals surface area (Å²) in [6, 6.07) is 21.0. The highest BCUT2D eigenvalue weighted by Gasteiger charge is 2.17. The Morgan fingerprint density at radius 2 is 1.74 bits per heavy atom. The van der Waals surface area contributed by atoms with Gasteiger partial charge in [0.2, 0.25) is 0 Å². The Morgan fingerprint density at radius 3 is 2.45 bits per heavy atom. The highest BCUT2D eigenvalue weighted by atomic mass is 16.5. The van der Waals surface area contributed by atoms with Gasteiger partial charge in [-0.3, -0.25) is 9.36 Å². The summed E-state index contributed by atoms with van der Waals surface area (Å²) in [5.74, 6) is 0.548. The fourth-order valence-corrected chi connectivity index (χ4v) is 3.31. The summed E-state index contributed by atoms with van der Waals surface area (Å²) in [6.07, 6.45) is 3.75. The zero-order valence-corrected chi connectivity index (χ0v) is 17.2. The molecule has 7 nitrogen and oxygen atoms in total. The zero-order valence-electron chi connectivity index (χ0n) is 17.2. The highest BCUT2D eigenvalue weighted by Crippen LogP contribution is 2.26. The van der Waals surface area contributed by atoms with Crippen LogP contribution in [-0.4, -0.2) is 37.1 Å². The summed E-state index contributed by atoms with van der Waals surface area (Å²) in [5.41, 5.74) is 2.87. The number of aliphatic hydroxyl groups excluding tert-OH is 1. The predicted octanol–water partition coefficient (Wildman–Crippen LogP) is 2.90. The summed E-state index contributed by atoms with van der Waals surface area (Å²) in [5, 5.41) is 14.9. The van der Waals surface area contributed by atoms with E-state index in [0.717, 1.165) is 11.1 Å². The molecule has 0 radical (unpaired) electrons. The van der Waals surface area contributed by atoms with Crippen LogP contribution in [0, 0.1) is 6.92 Å². The van der Waals surface area contributed by atoms with E-state index in [9.17, 15) is 9.90 Å². The minimum atomic E-state index is -0.903. The van der Waals surface area contributed by atoms with Gasteiger partial charge in [0, 0.05) is 18.5 Å². The molecule has 2 aromatic carbocycles. The van der Waals surface area contributed by atoms with Crippen LogP contribution in [0.15, 0.2) is 90.2 Å². The first-order valence-corrected chi connectivity index (χ1v) is 10.1. The predicted molar refractivity (Wildman–Crippen MR) is 117 cm³/mol. The van der Waals surface area contributed by atoms with Crippen molar-refractivity contribution >= 4 is 0 Å². The minimum Gasteiger partial charge on any atom is -0.389 e. The lowest BCUT2D eigenvalue weighted by atomic mass is 10.0. The molecule has 1 N–H and O–H groups in total. The normalized spacial score (nSPS) is 13.1. The van der Waals surface area contributed by atoms with E-state index in [1.54, 1.807) is 29.4 Å². The van der Waals surface area contributed by atoms with Gasteiger partial charge in [0.05, 0.1) is 19.3 Å². The van der Waals surface area contributed by atoms with Crippen molar-refractivity contribution in [3.8, 4) is 5.82 Å². The summed E-state index contributed by atoms with van der Waals surface area (Å²) in [4.78, 5) is 16.2. The zero-order chi connectivity index (χ0) is 21.6. The van der Waals surface area contributed by atoms with Crippen LogP contribution in [0.5, 0.6) is 0 Å². The molecule has 0 saturated heterocycles. The fourth-order valence-electron chi connectivity index (χ4n) is 3.31. The molecular formula is C24H24N4O3. The van der Waals surface area contributed by atoms with Crippen LogP contribution in [0.25, 0.3) is 5.82 Å². The third kappa shape index (κ3) is 5.14. The lowest BCUT2D eigenvalue weighted by molar-refractivity contribution is -0.00246. The molecular weight excluding hydrogens is 392 g/mol. The van der Waals surface area contributed by atoms with E-state index in [0.29, 0.717) is 5.82 Å². The van der Waals surface area contributed by atoms with Gasteiger partial charge in [0.25, 0.3) is 5.56 Å². The van der Waals surface area contributed by atoms with Gasteiger partial charge in [0.15, 0.2) is 5.82 Å². The van der Waals surface area contributed by atoms with E-state index in [1.807, 2.05) is 61.5 Å². The van der Waals surface area contributed by atoms with Crippen molar-refractivity contribution in [1.29, 1.82) is 0 Å². The second-order valence-electron chi connectivity index (χ2n) is 7.37. The van der Waals surface area contributed by atoms with Crippen LogP contribution in [0.1, 0.15) is 22.8 Å². The maximum absolute atomic E-state index is 12.2. The van der Waals surface area contributed by atoms with E-state index in [4.69, 9.17) is 4.74 Å². The molecule has 0 amide bonds. The second kappa shape index (κ2) is 9.51. The van der Waals surface area contributed by atoms with Gasteiger partial charge in [0.1, 0.15) is 12.4 Å². The number of aliphatic hydroxyl groups is 1. The fraction of sp³-hybridized carbons (Fsp3) is 0.208. The number of hydrogen-bond donors (Lipinski definition) is 1. The Bertz CT molecular complexity index is 1160. The molecule has 158 valence electrons. The standard InChI is InChI=1S/C24H24N4O3/c1-18-7-9-20(10-8-18)24(19-5-3-2-4-6-19)31-16-21(29)15-28-23(30)12-11-22(26-28)27-14-13-25-17-27/h2-14,17,21,24,29H,15-16H2,1H3/t21-,24+/m1/s1. The number of nitrogens with zero attached hydrogens (tertiary/aromatic N) is 4. The van der Waals surface area contributed by atoms with Crippen LogP contribution >= 0.6 is 0 Å². The lowest BCUT2D eigenvalue weighted by Gasteiger charge is -2.21. The molecule has 2 heterocycles. The van der Waals surface area contributed by atoms with Gasteiger partial charge in [-0.15, -0.1) is 0 Å². The molecule has 0 bridgehead atoms. The highest BCUT2D eigenvalue weighted by molar-refractivity contribution is 5.31. The molecule has 0 fully saturated rings. The Balaban J connectivity index is 1.48. The number of aromatic nitrogens is 4. The Morgan fingerprint density at radius 1 is 1.00 bits per heavy atom. The number of benzene rings is 2. The average Bonchev–Trinajstić information content (AvgIpc) is 3.32. The molecule has 0 aliphatic rings. The van der Waals surface area contributed by atoms with Crippen molar-refractivity contribution in [2.45, 2.75) is 25.7 Å². The molecule has 4 rings (SSSR count). The molecule has 2 atom stereocenters. The first-order valence-electron chi connectivity index (χ1n) is 10.1. The average molecular weight is 416 g/mol. The third-order valence-electron chi connectivity index (χ3n) is 4.94. The van der Waals surface area contributed by atoms with Crippen LogP contribution in [0.3, 0.4) is 0 Å². The van der Waals surface area contributed by atoms with Crippen molar-refractivity contribution in [2.75, 3.05) is 6.61 Å². The van der Waals surface area contributed by atoms with Crippen LogP contribution < -0.4 is 5.56 Å². The molecule has 0 aliphatic carbocycles. The maximum Gasteiger partial charge on any atom is 0.266 e. The minimum absolute atomic E-state index is 0.0246. The topological polar surface area (TPSA) is 82.2 Å². The largest absolute Gasteiger partial charge is 0.389 e. The molecule has 0 saturated carbocycles. The van der Waals surface area contributed by atoms with Gasteiger partial charge in [-0.2, -0.15) is 5.10 Å². The van der Waals surface area contributed by atoms with Crippen LogP contribution in [-0.2, 0) is 11.3 Å². The summed E-state index contributed by atoms with van der Waals surface area (Å²) in [7, 11) is 0. The van der Waals surface area contributed by atoms with Gasteiger partial charge in [-0.05, 0) is 24.1 Å². The number of rotatable bonds is 8. The van der Waals surface area contributed by atoms with Gasteiger partial charge >= 0.3 is 0 Å². The van der Waals surface area contributed by atoms with Crippen molar-refractivity contribution in [3.05, 3.63) is 112 Å². The first-order chi connectivity index (χ1) is 15.1. The quantitative estimate of drug-likeness (QED) is 0.478. The lowest BCUT2D eigenvalue weighted by Crippen LogP contribution is -2.31. The van der Waals surface area contributed by atoms with Gasteiger partial charge < -0.3 is 9.84 Å². The van der Waals surface area contributed by atoms with Gasteiger partial charge in [-0.1, -0.05) is 60.2 Å². The number of ether oxygens (including phenoxy) is 1. The summed E-state index contributed by atoms with van der Waals surface area (Å²) in [6.45, 7) is 2.11. The monoisotopic (exact) mass is 416 g/mol. The smallest absolute Gasteiger partial charge is 0.266 e. The Labute approximate surface area is 180 Å². The second-order valence-corrected chi connectivity index (χ2v) is 7.37. The van der Waals surface area contributed by atoms with Crippen molar-refractivity contribution in [3.63, 3.8) is 0 Å². The Hall–Kier alpha value is -3.55.